The molecule has 0 bridgehead atoms. The molecule has 0 saturated carbocycles. The van der Waals surface area contributed by atoms with Gasteiger partial charge in [-0.3, -0.25) is 9.59 Å². The molecule has 0 aromatic heterocycles. The number of nitrogens with one attached hydrogen (secondary N) is 2. The summed E-state index contributed by atoms with van der Waals surface area (Å²) in [6.07, 6.45) is 0.418. The maximum Gasteiger partial charge on any atom is 0.312 e. The van der Waals surface area contributed by atoms with Crippen LogP contribution in [0.5, 0.6) is 0 Å². The van der Waals surface area contributed by atoms with Gasteiger partial charge in [-0.25, -0.2) is 0 Å². The van der Waals surface area contributed by atoms with Crippen molar-refractivity contribution < 1.29 is 14.7 Å². The van der Waals surface area contributed by atoms with Gasteiger partial charge in [0, 0.05) is 25.6 Å². The lowest BCUT2D eigenvalue weighted by atomic mass is 9.99. The van der Waals surface area contributed by atoms with Crippen molar-refractivity contribution in [2.24, 2.45) is 0 Å². The number of carboxylic acid groups (broad SMARTS) is 1. The number of rotatable bonds is 5. The summed E-state index contributed by atoms with van der Waals surface area (Å²) in [5.74, 6) is -1.42. The highest BCUT2D eigenvalue weighted by molar-refractivity contribution is 5.79. The van der Waals surface area contributed by atoms with E-state index < -0.39 is 11.9 Å². The Morgan fingerprint density at radius 3 is 2.72 bits per heavy atom. The van der Waals surface area contributed by atoms with Crippen LogP contribution in [0.4, 0.5) is 0 Å². The van der Waals surface area contributed by atoms with Gasteiger partial charge in [-0.2, -0.15) is 0 Å². The monoisotopic (exact) mass is 248 g/mol. The molecule has 18 heavy (non-hydrogen) atoms. The Kier molecular flexibility index (Phi) is 3.94. The Labute approximate surface area is 105 Å². The van der Waals surface area contributed by atoms with Crippen LogP contribution in [-0.4, -0.2) is 36.1 Å². The molecule has 1 amide bonds. The van der Waals surface area contributed by atoms with Gasteiger partial charge < -0.3 is 15.7 Å². The van der Waals surface area contributed by atoms with Crippen molar-refractivity contribution in [1.29, 1.82) is 0 Å². The average molecular weight is 248 g/mol. The largest absolute Gasteiger partial charge is 0.481 e. The Bertz CT molecular complexity index is 433. The number of carbonyl (C=O) groups is 2. The van der Waals surface area contributed by atoms with Gasteiger partial charge >= 0.3 is 5.97 Å². The van der Waals surface area contributed by atoms with Crippen LogP contribution in [-0.2, 0) is 9.59 Å². The Balaban J connectivity index is 1.95. The number of carbonyl (C=O) groups excluding carboxylic acids is 1. The first-order valence-electron chi connectivity index (χ1n) is 5.94. The van der Waals surface area contributed by atoms with E-state index in [9.17, 15) is 14.7 Å². The van der Waals surface area contributed by atoms with Crippen molar-refractivity contribution in [2.75, 3.05) is 13.1 Å². The topological polar surface area (TPSA) is 78.4 Å². The van der Waals surface area contributed by atoms with Gasteiger partial charge in [-0.1, -0.05) is 30.3 Å². The molecule has 1 aliphatic rings. The first kappa shape index (κ1) is 12.6. The van der Waals surface area contributed by atoms with Crippen molar-refractivity contribution in [3.8, 4) is 0 Å². The molecule has 1 saturated heterocycles. The highest BCUT2D eigenvalue weighted by atomic mass is 16.4. The minimum Gasteiger partial charge on any atom is -0.481 e. The minimum absolute atomic E-state index is 0.0130. The molecule has 0 spiro atoms. The fraction of sp³-hybridized carbons (Fsp3) is 0.385. The summed E-state index contributed by atoms with van der Waals surface area (Å²) >= 11 is 0. The van der Waals surface area contributed by atoms with E-state index >= 15 is 0 Å². The van der Waals surface area contributed by atoms with Crippen molar-refractivity contribution >= 4 is 11.9 Å². The summed E-state index contributed by atoms with van der Waals surface area (Å²) in [5.41, 5.74) is 0.773. The number of aliphatic carboxylic acids is 1. The zero-order chi connectivity index (χ0) is 13.0. The lowest BCUT2D eigenvalue weighted by molar-refractivity contribution is -0.138. The fourth-order valence-corrected chi connectivity index (χ4v) is 2.07. The second-order valence-corrected chi connectivity index (χ2v) is 4.41. The minimum atomic E-state index is -0.856. The van der Waals surface area contributed by atoms with Crippen LogP contribution < -0.4 is 10.6 Å². The van der Waals surface area contributed by atoms with E-state index in [-0.39, 0.29) is 11.9 Å². The van der Waals surface area contributed by atoms with Crippen LogP contribution in [0, 0.1) is 0 Å². The molecule has 0 radical (unpaired) electrons. The van der Waals surface area contributed by atoms with Crippen LogP contribution in [0.1, 0.15) is 17.9 Å². The first-order chi connectivity index (χ1) is 8.66. The molecule has 1 aromatic rings. The van der Waals surface area contributed by atoms with Crippen LogP contribution in [0.2, 0.25) is 0 Å². The maximum atomic E-state index is 11.2. The lowest BCUT2D eigenvalue weighted by Gasteiger charge is -2.16. The molecule has 2 unspecified atom stereocenters. The van der Waals surface area contributed by atoms with E-state index in [1.807, 2.05) is 18.2 Å². The molecule has 5 heteroatoms. The van der Waals surface area contributed by atoms with E-state index in [1.165, 1.54) is 0 Å². The number of hydrogen-bond acceptors (Lipinski definition) is 3. The Morgan fingerprint density at radius 1 is 1.44 bits per heavy atom. The van der Waals surface area contributed by atoms with Gasteiger partial charge in [0.25, 0.3) is 0 Å². The maximum absolute atomic E-state index is 11.2. The second kappa shape index (κ2) is 5.64. The summed E-state index contributed by atoms with van der Waals surface area (Å²) < 4.78 is 0. The van der Waals surface area contributed by atoms with Crippen LogP contribution in [0.15, 0.2) is 30.3 Å². The third-order valence-electron chi connectivity index (χ3n) is 3.09. The molecule has 1 aromatic carbocycles. The highest BCUT2D eigenvalue weighted by Crippen LogP contribution is 2.15. The Morgan fingerprint density at radius 2 is 2.17 bits per heavy atom. The molecule has 3 N–H and O–H groups in total. The van der Waals surface area contributed by atoms with Crippen molar-refractivity contribution in [1.82, 2.24) is 10.6 Å². The highest BCUT2D eigenvalue weighted by Gasteiger charge is 2.24. The second-order valence-electron chi connectivity index (χ2n) is 4.41. The molecule has 2 atom stereocenters. The summed E-state index contributed by atoms with van der Waals surface area (Å²) in [4.78, 5) is 22.3. The average Bonchev–Trinajstić information content (AvgIpc) is 2.76. The van der Waals surface area contributed by atoms with E-state index in [4.69, 9.17) is 0 Å². The number of amides is 1. The van der Waals surface area contributed by atoms with E-state index in [1.54, 1.807) is 12.1 Å². The molecule has 1 fully saturated rings. The Hall–Kier alpha value is -1.88. The molecular formula is C13H16N2O3. The molecular weight excluding hydrogens is 232 g/mol. The third-order valence-corrected chi connectivity index (χ3v) is 3.09. The molecule has 1 heterocycles. The molecule has 2 rings (SSSR count). The van der Waals surface area contributed by atoms with Gasteiger partial charge in [0.1, 0.15) is 0 Å². The summed E-state index contributed by atoms with van der Waals surface area (Å²) in [7, 11) is 0. The zero-order valence-electron chi connectivity index (χ0n) is 9.93. The van der Waals surface area contributed by atoms with E-state index in [2.05, 4.69) is 10.6 Å². The van der Waals surface area contributed by atoms with Crippen LogP contribution in [0.3, 0.4) is 0 Å². The lowest BCUT2D eigenvalue weighted by Crippen LogP contribution is -2.36. The van der Waals surface area contributed by atoms with Crippen LogP contribution >= 0.6 is 0 Å². The van der Waals surface area contributed by atoms with Crippen molar-refractivity contribution in [3.63, 3.8) is 0 Å². The SMILES string of the molecule is O=C1CC(NCC(C(=O)O)c2ccccc2)CN1. The van der Waals surface area contributed by atoms with Crippen molar-refractivity contribution in [2.45, 2.75) is 18.4 Å². The standard InChI is InChI=1S/C13H16N2O3/c16-12-6-10(7-15-12)14-8-11(13(17)18)9-4-2-1-3-5-9/h1-5,10-11,14H,6-8H2,(H,15,16)(H,17,18). The van der Waals surface area contributed by atoms with Crippen molar-refractivity contribution in [3.05, 3.63) is 35.9 Å². The van der Waals surface area contributed by atoms with Crippen LogP contribution in [0.25, 0.3) is 0 Å². The van der Waals surface area contributed by atoms with Gasteiger partial charge in [0.05, 0.1) is 5.92 Å². The van der Waals surface area contributed by atoms with E-state index in [0.29, 0.717) is 19.5 Å². The van der Waals surface area contributed by atoms with Gasteiger partial charge in [-0.05, 0) is 5.56 Å². The van der Waals surface area contributed by atoms with E-state index in [0.717, 1.165) is 5.56 Å². The van der Waals surface area contributed by atoms with Gasteiger partial charge in [-0.15, -0.1) is 0 Å². The molecule has 1 aliphatic heterocycles. The number of carboxylic acids is 1. The number of benzene rings is 1. The molecule has 96 valence electrons. The number of hydrogen-bond donors (Lipinski definition) is 3. The van der Waals surface area contributed by atoms with Gasteiger partial charge in [0.2, 0.25) is 5.91 Å². The fourth-order valence-electron chi connectivity index (χ4n) is 2.07. The first-order valence-corrected chi connectivity index (χ1v) is 5.94. The summed E-state index contributed by atoms with van der Waals surface area (Å²) in [6, 6.07) is 9.15. The summed E-state index contributed by atoms with van der Waals surface area (Å²) in [5, 5.41) is 15.1. The molecule has 0 aliphatic carbocycles. The molecule has 5 nitrogen and oxygen atoms in total. The normalized spacial score (nSPS) is 20.4. The van der Waals surface area contributed by atoms with Gasteiger partial charge in [0.15, 0.2) is 0 Å². The third kappa shape index (κ3) is 3.07. The predicted molar refractivity (Wildman–Crippen MR) is 66.2 cm³/mol. The zero-order valence-corrected chi connectivity index (χ0v) is 9.93. The smallest absolute Gasteiger partial charge is 0.312 e. The predicted octanol–water partition coefficient (Wildman–Crippen LogP) is 0.333. The quantitative estimate of drug-likeness (QED) is 0.702. The summed E-state index contributed by atoms with van der Waals surface area (Å²) in [6.45, 7) is 0.902.